The van der Waals surface area contributed by atoms with Crippen molar-refractivity contribution in [1.82, 2.24) is 5.32 Å². The Morgan fingerprint density at radius 3 is 2.62 bits per heavy atom. The van der Waals surface area contributed by atoms with E-state index in [0.29, 0.717) is 30.0 Å². The first-order valence-electron chi connectivity index (χ1n) is 12.4. The van der Waals surface area contributed by atoms with Gasteiger partial charge in [0.25, 0.3) is 0 Å². The Balaban J connectivity index is 0.00000157. The van der Waals surface area contributed by atoms with Crippen molar-refractivity contribution >= 4 is 24.0 Å². The molecule has 37 heavy (non-hydrogen) atoms. The van der Waals surface area contributed by atoms with Crippen LogP contribution >= 0.6 is 11.6 Å². The summed E-state index contributed by atoms with van der Waals surface area (Å²) in [5.41, 5.74) is 11.5. The van der Waals surface area contributed by atoms with Crippen molar-refractivity contribution in [3.63, 3.8) is 0 Å². The normalized spacial score (nSPS) is 20.2. The van der Waals surface area contributed by atoms with Crippen LogP contribution in [-0.2, 0) is 4.79 Å². The summed E-state index contributed by atoms with van der Waals surface area (Å²) in [6, 6.07) is 21.2. The van der Waals surface area contributed by atoms with Crippen molar-refractivity contribution in [2.75, 3.05) is 6.54 Å². The number of aryl methyl sites for hydroxylation is 2. The van der Waals surface area contributed by atoms with Gasteiger partial charge in [-0.25, -0.2) is 10.5 Å². The van der Waals surface area contributed by atoms with Crippen LogP contribution in [0, 0.1) is 25.7 Å². The molecule has 3 atom stereocenters. The van der Waals surface area contributed by atoms with Gasteiger partial charge in [0, 0.05) is 16.6 Å². The number of piperidine rings is 1. The molecule has 6 heteroatoms. The van der Waals surface area contributed by atoms with Gasteiger partial charge >= 0.3 is 51.4 Å². The Morgan fingerprint density at radius 2 is 1.97 bits per heavy atom. The Labute approximate surface area is 268 Å². The van der Waals surface area contributed by atoms with E-state index in [4.69, 9.17) is 17.3 Å². The van der Waals surface area contributed by atoms with Crippen molar-refractivity contribution in [3.8, 4) is 0 Å². The van der Waals surface area contributed by atoms with Crippen molar-refractivity contribution < 1.29 is 60.6 Å². The number of carbonyl (C=O) groups excluding carboxylic acids is 1. The minimum absolute atomic E-state index is 0. The monoisotopic (exact) mass is 543 g/mol. The molecule has 0 aromatic heterocycles. The molecule has 1 fully saturated rings. The van der Waals surface area contributed by atoms with Crippen LogP contribution in [0.15, 0.2) is 66.2 Å². The van der Waals surface area contributed by atoms with Crippen molar-refractivity contribution in [2.45, 2.75) is 58.0 Å². The van der Waals surface area contributed by atoms with Crippen LogP contribution in [0.2, 0.25) is 5.02 Å². The molecular weight excluding hydrogens is 510 g/mol. The standard InChI is InChI=1S/C29H28ClFN2O.C2H6.K/c1-19-5-3-6-21(13-19)15-23(18-34)28(22-7-4-8-24(30)16-22)29(32)11-12-33-27(17-29)26-10-9-25(31)14-20(26)2;1-2;/h3-5,7-10,13-16,27-28,33H,11-12,17,32H2,1-2H3;1-2H3;/q-2;;+1/b23-15+;;. The van der Waals surface area contributed by atoms with Gasteiger partial charge < -0.3 is 15.8 Å². The molecule has 3 N–H and O–H groups in total. The molecule has 190 valence electrons. The number of benzene rings is 3. The average molecular weight is 544 g/mol. The van der Waals surface area contributed by atoms with E-state index in [2.05, 4.69) is 17.7 Å². The SMILES string of the molecule is CC.Cc1cc[c-]c(/C=C(\[C-]=O)C(c2cccc(Cl)c2)C2(N)CCNC(c3ccc(F)cc3C)C2)c1.[K+]. The zero-order valence-corrected chi connectivity index (χ0v) is 26.2. The molecule has 1 saturated heterocycles. The Bertz CT molecular complexity index is 1230. The second-order valence-electron chi connectivity index (χ2n) is 9.21. The van der Waals surface area contributed by atoms with Gasteiger partial charge in [0.2, 0.25) is 0 Å². The van der Waals surface area contributed by atoms with Crippen molar-refractivity contribution in [1.29, 1.82) is 0 Å². The van der Waals surface area contributed by atoms with Crippen LogP contribution in [0.3, 0.4) is 0 Å². The third kappa shape index (κ3) is 8.17. The fourth-order valence-corrected chi connectivity index (χ4v) is 5.28. The van der Waals surface area contributed by atoms with Crippen LogP contribution in [0.4, 0.5) is 4.39 Å². The van der Waals surface area contributed by atoms with E-state index in [0.717, 1.165) is 27.8 Å². The first-order chi connectivity index (χ1) is 17.3. The van der Waals surface area contributed by atoms with E-state index in [1.165, 1.54) is 12.1 Å². The fraction of sp³-hybridized carbons (Fsp3) is 0.323. The quantitative estimate of drug-likeness (QED) is 0.280. The second kappa shape index (κ2) is 14.9. The van der Waals surface area contributed by atoms with Gasteiger partial charge in [0.15, 0.2) is 0 Å². The minimum Gasteiger partial charge on any atom is -0.419 e. The maximum Gasteiger partial charge on any atom is 1.00 e. The predicted molar refractivity (Wildman–Crippen MR) is 147 cm³/mol. The van der Waals surface area contributed by atoms with Gasteiger partial charge in [-0.15, -0.1) is 17.7 Å². The van der Waals surface area contributed by atoms with E-state index in [-0.39, 0.29) is 63.2 Å². The topological polar surface area (TPSA) is 55.1 Å². The van der Waals surface area contributed by atoms with Gasteiger partial charge in [-0.1, -0.05) is 50.6 Å². The molecule has 0 aliphatic carbocycles. The van der Waals surface area contributed by atoms with Crippen LogP contribution in [0.25, 0.3) is 6.08 Å². The minimum atomic E-state index is -0.755. The fourth-order valence-electron chi connectivity index (χ4n) is 5.08. The summed E-state index contributed by atoms with van der Waals surface area (Å²) in [4.78, 5) is 12.4. The van der Waals surface area contributed by atoms with E-state index < -0.39 is 11.5 Å². The molecule has 1 aliphatic rings. The summed E-state index contributed by atoms with van der Waals surface area (Å²) in [6.45, 7) is 8.56. The largest absolute Gasteiger partial charge is 1.00 e. The maximum atomic E-state index is 13.7. The molecule has 0 spiro atoms. The first kappa shape index (κ1) is 32.1. The van der Waals surface area contributed by atoms with Gasteiger partial charge in [0.05, 0.1) is 0 Å². The zero-order valence-electron chi connectivity index (χ0n) is 22.4. The molecule has 3 unspecified atom stereocenters. The van der Waals surface area contributed by atoms with Gasteiger partial charge in [0.1, 0.15) is 5.82 Å². The number of nitrogens with two attached hydrogens (primary N) is 1. The van der Waals surface area contributed by atoms with Gasteiger partial charge in [-0.3, -0.25) is 0 Å². The Kier molecular flexibility index (Phi) is 12.9. The molecule has 4 rings (SSSR count). The van der Waals surface area contributed by atoms with Gasteiger partial charge in [-0.05, 0) is 79.5 Å². The molecule has 0 saturated carbocycles. The molecule has 3 nitrogen and oxygen atoms in total. The third-order valence-corrected chi connectivity index (χ3v) is 6.88. The van der Waals surface area contributed by atoms with Crippen LogP contribution < -0.4 is 62.4 Å². The molecule has 0 bridgehead atoms. The molecule has 1 aliphatic heterocycles. The Morgan fingerprint density at radius 1 is 1.22 bits per heavy atom. The number of hydrogen-bond acceptors (Lipinski definition) is 3. The van der Waals surface area contributed by atoms with Gasteiger partial charge in [-0.2, -0.15) is 23.3 Å². The maximum absolute atomic E-state index is 13.7. The van der Waals surface area contributed by atoms with E-state index >= 15 is 0 Å². The molecule has 0 radical (unpaired) electrons. The summed E-state index contributed by atoms with van der Waals surface area (Å²) in [7, 11) is 0. The van der Waals surface area contributed by atoms with E-state index in [1.807, 2.05) is 76.2 Å². The predicted octanol–water partition coefficient (Wildman–Crippen LogP) is 4.03. The summed E-state index contributed by atoms with van der Waals surface area (Å²) in [5, 5.41) is 4.11. The molecule has 3 aromatic carbocycles. The third-order valence-electron chi connectivity index (χ3n) is 6.65. The average Bonchev–Trinajstić information content (AvgIpc) is 2.85. The van der Waals surface area contributed by atoms with Crippen LogP contribution in [0.1, 0.15) is 66.5 Å². The molecule has 0 amide bonds. The number of rotatable bonds is 6. The number of hydrogen-bond donors (Lipinski definition) is 2. The second-order valence-corrected chi connectivity index (χ2v) is 9.64. The number of halogens is 2. The zero-order chi connectivity index (χ0) is 26.3. The first-order valence-corrected chi connectivity index (χ1v) is 12.8. The Hall–Kier alpha value is -1.15. The van der Waals surface area contributed by atoms with Crippen molar-refractivity contribution in [2.24, 2.45) is 5.73 Å². The summed E-state index contributed by atoms with van der Waals surface area (Å²) in [5.74, 6) is -0.689. The molecular formula is C31H34ClFKN2O-. The smallest absolute Gasteiger partial charge is 0.419 e. The number of nitrogens with one attached hydrogen (secondary N) is 1. The summed E-state index contributed by atoms with van der Waals surface area (Å²) < 4.78 is 13.7. The van der Waals surface area contributed by atoms with E-state index in [1.54, 1.807) is 6.07 Å². The molecule has 1 heterocycles. The molecule has 3 aromatic rings. The summed E-state index contributed by atoms with van der Waals surface area (Å²) >= 11 is 6.35. The van der Waals surface area contributed by atoms with Crippen LogP contribution in [0.5, 0.6) is 0 Å². The van der Waals surface area contributed by atoms with Crippen molar-refractivity contribution in [3.05, 3.63) is 111 Å². The van der Waals surface area contributed by atoms with Crippen LogP contribution in [-0.4, -0.2) is 18.4 Å². The summed E-state index contributed by atoms with van der Waals surface area (Å²) in [6.07, 6.45) is 5.21. The van der Waals surface area contributed by atoms with E-state index in [9.17, 15) is 9.18 Å².